The van der Waals surface area contributed by atoms with Gasteiger partial charge in [-0.05, 0) is 20.8 Å². The highest BCUT2D eigenvalue weighted by molar-refractivity contribution is 5.37. The Morgan fingerprint density at radius 1 is 1.50 bits per heavy atom. The highest BCUT2D eigenvalue weighted by Gasteiger charge is 2.08. The summed E-state index contributed by atoms with van der Waals surface area (Å²) in [4.78, 5) is 0. The molecule has 0 radical (unpaired) electrons. The Morgan fingerprint density at radius 3 is 2.71 bits per heavy atom. The zero-order valence-corrected chi connectivity index (χ0v) is 9.37. The number of aryl methyl sites for hydroxylation is 1. The van der Waals surface area contributed by atoms with Gasteiger partial charge < -0.3 is 10.1 Å². The van der Waals surface area contributed by atoms with Crippen LogP contribution in [-0.4, -0.2) is 28.5 Å². The summed E-state index contributed by atoms with van der Waals surface area (Å²) in [6, 6.07) is 0. The van der Waals surface area contributed by atoms with Gasteiger partial charge in [-0.1, -0.05) is 0 Å². The topological polar surface area (TPSA) is 39.1 Å². The van der Waals surface area contributed by atoms with Crippen molar-refractivity contribution in [2.24, 2.45) is 7.05 Å². The molecule has 80 valence electrons. The third kappa shape index (κ3) is 4.28. The number of aromatic nitrogens is 2. The van der Waals surface area contributed by atoms with E-state index in [1.54, 1.807) is 10.9 Å². The van der Waals surface area contributed by atoms with Crippen LogP contribution in [0.5, 0.6) is 0 Å². The van der Waals surface area contributed by atoms with E-state index in [4.69, 9.17) is 4.74 Å². The van der Waals surface area contributed by atoms with Gasteiger partial charge in [0.2, 0.25) is 0 Å². The molecule has 0 fully saturated rings. The van der Waals surface area contributed by atoms with Crippen molar-refractivity contribution in [1.82, 2.24) is 9.78 Å². The molecule has 1 aromatic rings. The Hall–Kier alpha value is -1.03. The molecule has 1 heterocycles. The number of anilines is 1. The van der Waals surface area contributed by atoms with E-state index in [1.165, 1.54) is 0 Å². The van der Waals surface area contributed by atoms with E-state index in [9.17, 15) is 0 Å². The largest absolute Gasteiger partial charge is 0.380 e. The molecular weight excluding hydrogens is 178 g/mol. The molecule has 0 bridgehead atoms. The van der Waals surface area contributed by atoms with E-state index in [0.717, 1.165) is 12.2 Å². The first-order valence-electron chi connectivity index (χ1n) is 4.84. The van der Waals surface area contributed by atoms with Crippen molar-refractivity contribution in [1.29, 1.82) is 0 Å². The molecule has 14 heavy (non-hydrogen) atoms. The minimum atomic E-state index is -0.0589. The lowest BCUT2D eigenvalue weighted by molar-refractivity contribution is 0.00333. The Morgan fingerprint density at radius 2 is 2.21 bits per heavy atom. The van der Waals surface area contributed by atoms with E-state index in [-0.39, 0.29) is 5.60 Å². The van der Waals surface area contributed by atoms with Crippen molar-refractivity contribution in [3.63, 3.8) is 0 Å². The molecule has 0 amide bonds. The molecule has 0 saturated heterocycles. The van der Waals surface area contributed by atoms with Crippen LogP contribution in [0.3, 0.4) is 0 Å². The average molecular weight is 197 g/mol. The maximum Gasteiger partial charge on any atom is 0.0727 e. The van der Waals surface area contributed by atoms with Gasteiger partial charge in [0.05, 0.1) is 24.1 Å². The number of nitrogens with zero attached hydrogens (tertiary/aromatic N) is 2. The van der Waals surface area contributed by atoms with Crippen molar-refractivity contribution in [3.8, 4) is 0 Å². The van der Waals surface area contributed by atoms with Crippen LogP contribution in [0, 0.1) is 0 Å². The molecule has 0 spiro atoms. The summed E-state index contributed by atoms with van der Waals surface area (Å²) < 4.78 is 7.34. The minimum absolute atomic E-state index is 0.0589. The van der Waals surface area contributed by atoms with E-state index >= 15 is 0 Å². The van der Waals surface area contributed by atoms with Crippen LogP contribution in [0.2, 0.25) is 0 Å². The molecule has 0 aliphatic rings. The second-order valence-corrected chi connectivity index (χ2v) is 4.29. The number of rotatable bonds is 4. The lowest BCUT2D eigenvalue weighted by atomic mass is 10.2. The first-order valence-corrected chi connectivity index (χ1v) is 4.84. The third-order valence-corrected chi connectivity index (χ3v) is 1.67. The summed E-state index contributed by atoms with van der Waals surface area (Å²) >= 11 is 0. The maximum absolute atomic E-state index is 5.57. The van der Waals surface area contributed by atoms with Gasteiger partial charge in [-0.15, -0.1) is 0 Å². The highest BCUT2D eigenvalue weighted by atomic mass is 16.5. The number of hydrogen-bond acceptors (Lipinski definition) is 3. The van der Waals surface area contributed by atoms with Gasteiger partial charge in [0.25, 0.3) is 0 Å². The van der Waals surface area contributed by atoms with E-state index in [0.29, 0.717) is 6.61 Å². The third-order valence-electron chi connectivity index (χ3n) is 1.67. The minimum Gasteiger partial charge on any atom is -0.380 e. The first-order chi connectivity index (χ1) is 6.47. The van der Waals surface area contributed by atoms with E-state index in [1.807, 2.05) is 13.2 Å². The molecule has 1 aromatic heterocycles. The van der Waals surface area contributed by atoms with Gasteiger partial charge in [0.1, 0.15) is 0 Å². The summed E-state index contributed by atoms with van der Waals surface area (Å²) in [7, 11) is 1.90. The van der Waals surface area contributed by atoms with Gasteiger partial charge >= 0.3 is 0 Å². The number of hydrogen-bond donors (Lipinski definition) is 1. The molecule has 0 saturated carbocycles. The van der Waals surface area contributed by atoms with Gasteiger partial charge in [-0.25, -0.2) is 0 Å². The standard InChI is InChI=1S/C10H19N3O/c1-10(2,3)14-6-5-11-9-7-12-13(4)8-9/h7-8,11H,5-6H2,1-4H3. The van der Waals surface area contributed by atoms with Gasteiger partial charge in [-0.3, -0.25) is 4.68 Å². The zero-order valence-electron chi connectivity index (χ0n) is 9.37. The predicted molar refractivity (Wildman–Crippen MR) is 57.4 cm³/mol. The summed E-state index contributed by atoms with van der Waals surface area (Å²) in [5.74, 6) is 0. The molecule has 0 atom stereocenters. The molecule has 0 aliphatic heterocycles. The fraction of sp³-hybridized carbons (Fsp3) is 0.700. The number of nitrogens with one attached hydrogen (secondary N) is 1. The SMILES string of the molecule is Cn1cc(NCCOC(C)(C)C)cn1. The van der Waals surface area contributed by atoms with Gasteiger partial charge in [0.15, 0.2) is 0 Å². The van der Waals surface area contributed by atoms with Crippen LogP contribution in [0.15, 0.2) is 12.4 Å². The average Bonchev–Trinajstić information content (AvgIpc) is 2.44. The van der Waals surface area contributed by atoms with Gasteiger partial charge in [0, 0.05) is 19.8 Å². The second-order valence-electron chi connectivity index (χ2n) is 4.29. The smallest absolute Gasteiger partial charge is 0.0727 e. The predicted octanol–water partition coefficient (Wildman–Crippen LogP) is 1.65. The first kappa shape index (κ1) is 11.0. The van der Waals surface area contributed by atoms with Crippen LogP contribution in [0.25, 0.3) is 0 Å². The molecule has 4 nitrogen and oxygen atoms in total. The molecule has 0 aromatic carbocycles. The Bertz CT molecular complexity index is 275. The fourth-order valence-electron chi connectivity index (χ4n) is 1.07. The lowest BCUT2D eigenvalue weighted by Gasteiger charge is -2.19. The fourth-order valence-corrected chi connectivity index (χ4v) is 1.07. The molecule has 0 unspecified atom stereocenters. The molecule has 1 N–H and O–H groups in total. The lowest BCUT2D eigenvalue weighted by Crippen LogP contribution is -2.23. The van der Waals surface area contributed by atoms with Crippen molar-refractivity contribution in [2.45, 2.75) is 26.4 Å². The van der Waals surface area contributed by atoms with Crippen molar-refractivity contribution in [3.05, 3.63) is 12.4 Å². The number of ether oxygens (including phenoxy) is 1. The Labute approximate surface area is 85.3 Å². The Kier molecular flexibility index (Phi) is 3.52. The Balaban J connectivity index is 2.16. The van der Waals surface area contributed by atoms with Crippen molar-refractivity contribution in [2.75, 3.05) is 18.5 Å². The van der Waals surface area contributed by atoms with E-state index in [2.05, 4.69) is 31.2 Å². The summed E-state index contributed by atoms with van der Waals surface area (Å²) in [6.45, 7) is 7.67. The molecule has 4 heteroatoms. The van der Waals surface area contributed by atoms with Crippen LogP contribution in [0.4, 0.5) is 5.69 Å². The normalized spacial score (nSPS) is 11.7. The highest BCUT2D eigenvalue weighted by Crippen LogP contribution is 2.06. The van der Waals surface area contributed by atoms with E-state index < -0.39 is 0 Å². The quantitative estimate of drug-likeness (QED) is 0.746. The van der Waals surface area contributed by atoms with Crippen molar-refractivity contribution >= 4 is 5.69 Å². The van der Waals surface area contributed by atoms with Crippen LogP contribution >= 0.6 is 0 Å². The zero-order chi connectivity index (χ0) is 10.6. The molecule has 1 rings (SSSR count). The maximum atomic E-state index is 5.57. The van der Waals surface area contributed by atoms with Crippen LogP contribution in [-0.2, 0) is 11.8 Å². The molecular formula is C10H19N3O. The second kappa shape index (κ2) is 4.46. The summed E-state index contributed by atoms with van der Waals surface area (Å²) in [6.07, 6.45) is 3.74. The summed E-state index contributed by atoms with van der Waals surface area (Å²) in [5.41, 5.74) is 0.974. The van der Waals surface area contributed by atoms with Crippen LogP contribution < -0.4 is 5.32 Å². The van der Waals surface area contributed by atoms with Crippen LogP contribution in [0.1, 0.15) is 20.8 Å². The van der Waals surface area contributed by atoms with Gasteiger partial charge in [-0.2, -0.15) is 5.10 Å². The van der Waals surface area contributed by atoms with Crippen molar-refractivity contribution < 1.29 is 4.74 Å². The monoisotopic (exact) mass is 197 g/mol. The molecule has 0 aliphatic carbocycles. The summed E-state index contributed by atoms with van der Waals surface area (Å²) in [5, 5.41) is 7.29.